The van der Waals surface area contributed by atoms with Gasteiger partial charge in [-0.15, -0.1) is 0 Å². The van der Waals surface area contributed by atoms with E-state index >= 15 is 0 Å². The SMILES string of the molecule is CCC(C1=C[SH](c2ccccc2F)C=N1)c1cc(Br)c2c(N)ncnn12. The van der Waals surface area contributed by atoms with Gasteiger partial charge in [0, 0.05) is 20.8 Å². The van der Waals surface area contributed by atoms with E-state index in [2.05, 4.69) is 43.3 Å². The number of halogens is 2. The van der Waals surface area contributed by atoms with Gasteiger partial charge in [0.1, 0.15) is 17.7 Å². The zero-order valence-corrected chi connectivity index (χ0v) is 16.5. The lowest BCUT2D eigenvalue weighted by Gasteiger charge is -2.14. The standard InChI is InChI=1S/C18H17BrFN5S/c1-2-11(15-7-12(19)17-18(21)22-9-24-25(15)17)14-8-26(10-23-14)16-6-4-3-5-13(16)20/h3-11,26H,2H2,1H3,(H2,21,22,24). The number of hydrogen-bond donors (Lipinski definition) is 2. The number of aromatic nitrogens is 3. The fourth-order valence-corrected chi connectivity index (χ4v) is 5.48. The van der Waals surface area contributed by atoms with Crippen LogP contribution in [0.25, 0.3) is 5.52 Å². The van der Waals surface area contributed by atoms with Crippen molar-refractivity contribution in [1.29, 1.82) is 0 Å². The monoisotopic (exact) mass is 433 g/mol. The molecule has 26 heavy (non-hydrogen) atoms. The summed E-state index contributed by atoms with van der Waals surface area (Å²) in [7, 11) is -0.879. The fourth-order valence-electron chi connectivity index (χ4n) is 3.17. The minimum absolute atomic E-state index is 0.0404. The van der Waals surface area contributed by atoms with Crippen molar-refractivity contribution in [3.63, 3.8) is 0 Å². The summed E-state index contributed by atoms with van der Waals surface area (Å²) >= 11 is 3.55. The first kappa shape index (κ1) is 17.2. The van der Waals surface area contributed by atoms with E-state index in [1.807, 2.05) is 23.7 Å². The van der Waals surface area contributed by atoms with Gasteiger partial charge in [0.05, 0.1) is 11.4 Å². The molecule has 3 heterocycles. The summed E-state index contributed by atoms with van der Waals surface area (Å²) in [5.74, 6) is 0.274. The molecule has 2 unspecified atom stereocenters. The highest BCUT2D eigenvalue weighted by molar-refractivity contribution is 9.10. The van der Waals surface area contributed by atoms with Gasteiger partial charge in [0.15, 0.2) is 5.82 Å². The zero-order valence-electron chi connectivity index (χ0n) is 14.0. The van der Waals surface area contributed by atoms with E-state index in [4.69, 9.17) is 5.73 Å². The number of hydrogen-bond acceptors (Lipinski definition) is 4. The minimum atomic E-state index is -0.879. The molecule has 0 spiro atoms. The molecular weight excluding hydrogens is 417 g/mol. The molecule has 2 N–H and O–H groups in total. The van der Waals surface area contributed by atoms with Gasteiger partial charge in [-0.3, -0.25) is 4.99 Å². The summed E-state index contributed by atoms with van der Waals surface area (Å²) in [5, 5.41) is 6.44. The maximum Gasteiger partial charge on any atom is 0.152 e. The number of nitrogens with zero attached hydrogens (tertiary/aromatic N) is 4. The third kappa shape index (κ3) is 2.83. The van der Waals surface area contributed by atoms with E-state index in [0.29, 0.717) is 10.7 Å². The number of nitrogen functional groups attached to an aromatic ring is 1. The number of thiol groups is 1. The average molecular weight is 434 g/mol. The molecule has 0 saturated heterocycles. The molecule has 5 nitrogen and oxygen atoms in total. The van der Waals surface area contributed by atoms with Crippen molar-refractivity contribution in [2.24, 2.45) is 4.99 Å². The lowest BCUT2D eigenvalue weighted by molar-refractivity contribution is 0.602. The molecule has 2 atom stereocenters. The summed E-state index contributed by atoms with van der Waals surface area (Å²) in [6, 6.07) is 8.88. The quantitative estimate of drug-likeness (QED) is 0.588. The molecule has 8 heteroatoms. The lowest BCUT2D eigenvalue weighted by atomic mass is 10.00. The van der Waals surface area contributed by atoms with E-state index < -0.39 is 10.9 Å². The van der Waals surface area contributed by atoms with Crippen molar-refractivity contribution >= 4 is 43.7 Å². The average Bonchev–Trinajstić information content (AvgIpc) is 3.23. The van der Waals surface area contributed by atoms with Crippen LogP contribution in [0.4, 0.5) is 10.2 Å². The lowest BCUT2D eigenvalue weighted by Crippen LogP contribution is -2.07. The summed E-state index contributed by atoms with van der Waals surface area (Å²) < 4.78 is 16.8. The van der Waals surface area contributed by atoms with E-state index in [0.717, 1.165) is 27.8 Å². The molecule has 0 bridgehead atoms. The second kappa shape index (κ2) is 6.85. The number of nitrogens with two attached hydrogens (primary N) is 1. The Hall–Kier alpha value is -2.19. The number of rotatable bonds is 4. The van der Waals surface area contributed by atoms with Crippen LogP contribution in [0.2, 0.25) is 0 Å². The van der Waals surface area contributed by atoms with Crippen LogP contribution in [0.3, 0.4) is 0 Å². The van der Waals surface area contributed by atoms with Crippen LogP contribution < -0.4 is 5.73 Å². The molecule has 4 rings (SSSR count). The molecular formula is C18H17BrFN5S. The van der Waals surface area contributed by atoms with Gasteiger partial charge in [0.25, 0.3) is 0 Å². The van der Waals surface area contributed by atoms with Gasteiger partial charge in [-0.1, -0.05) is 19.1 Å². The van der Waals surface area contributed by atoms with Gasteiger partial charge < -0.3 is 5.73 Å². The zero-order chi connectivity index (χ0) is 18.3. The first-order valence-corrected chi connectivity index (χ1v) is 10.4. The van der Waals surface area contributed by atoms with Gasteiger partial charge >= 0.3 is 0 Å². The maximum atomic E-state index is 14.1. The second-order valence-electron chi connectivity index (χ2n) is 5.94. The summed E-state index contributed by atoms with van der Waals surface area (Å²) in [6.07, 6.45) is 2.29. The Morgan fingerprint density at radius 2 is 2.15 bits per heavy atom. The Morgan fingerprint density at radius 1 is 1.35 bits per heavy atom. The number of fused-ring (bicyclic) bond motifs is 1. The van der Waals surface area contributed by atoms with Crippen LogP contribution in [-0.4, -0.2) is 20.1 Å². The largest absolute Gasteiger partial charge is 0.382 e. The Bertz CT molecular complexity index is 1050. The topological polar surface area (TPSA) is 68.6 Å². The van der Waals surface area contributed by atoms with Crippen LogP contribution in [0.5, 0.6) is 0 Å². The minimum Gasteiger partial charge on any atom is -0.382 e. The second-order valence-corrected chi connectivity index (χ2v) is 8.58. The first-order valence-electron chi connectivity index (χ1n) is 8.16. The summed E-state index contributed by atoms with van der Waals surface area (Å²) in [4.78, 5) is 9.37. The van der Waals surface area contributed by atoms with Crippen molar-refractivity contribution < 1.29 is 4.39 Å². The van der Waals surface area contributed by atoms with Crippen molar-refractivity contribution in [1.82, 2.24) is 14.6 Å². The molecule has 1 aliphatic heterocycles. The van der Waals surface area contributed by atoms with Crippen molar-refractivity contribution in [2.45, 2.75) is 24.2 Å². The van der Waals surface area contributed by atoms with Crippen molar-refractivity contribution in [2.75, 3.05) is 5.73 Å². The molecule has 1 aliphatic rings. The Kier molecular flexibility index (Phi) is 4.54. The third-order valence-corrected chi connectivity index (χ3v) is 6.85. The maximum absolute atomic E-state index is 14.1. The normalized spacial score (nSPS) is 19.0. The number of allylic oxidation sites excluding steroid dienone is 1. The highest BCUT2D eigenvalue weighted by atomic mass is 79.9. The molecule has 0 fully saturated rings. The number of benzene rings is 1. The van der Waals surface area contributed by atoms with Crippen LogP contribution in [0.1, 0.15) is 25.0 Å². The van der Waals surface area contributed by atoms with Crippen LogP contribution in [0, 0.1) is 5.82 Å². The van der Waals surface area contributed by atoms with E-state index in [9.17, 15) is 4.39 Å². The van der Waals surface area contributed by atoms with Crippen molar-refractivity contribution in [3.05, 3.63) is 63.7 Å². The predicted molar refractivity (Wildman–Crippen MR) is 108 cm³/mol. The van der Waals surface area contributed by atoms with Gasteiger partial charge in [-0.25, -0.2) is 13.9 Å². The molecule has 0 saturated carbocycles. The van der Waals surface area contributed by atoms with Gasteiger partial charge in [0.2, 0.25) is 0 Å². The Labute approximate surface area is 161 Å². The van der Waals surface area contributed by atoms with E-state index in [1.165, 1.54) is 12.4 Å². The van der Waals surface area contributed by atoms with E-state index in [-0.39, 0.29) is 11.7 Å². The molecule has 3 aromatic rings. The molecule has 2 aromatic heterocycles. The van der Waals surface area contributed by atoms with Crippen LogP contribution >= 0.6 is 26.8 Å². The summed E-state index contributed by atoms with van der Waals surface area (Å²) in [6.45, 7) is 2.10. The molecule has 0 radical (unpaired) electrons. The first-order chi connectivity index (χ1) is 12.6. The van der Waals surface area contributed by atoms with E-state index in [1.54, 1.807) is 10.6 Å². The predicted octanol–water partition coefficient (Wildman–Crippen LogP) is 4.65. The fraction of sp³-hybridized carbons (Fsp3) is 0.167. The Balaban J connectivity index is 1.76. The summed E-state index contributed by atoms with van der Waals surface area (Å²) in [5.41, 5.74) is 10.5. The number of anilines is 1. The molecule has 134 valence electrons. The molecule has 0 amide bonds. The number of aliphatic imine (C=N–C) groups is 1. The third-order valence-electron chi connectivity index (χ3n) is 4.42. The van der Waals surface area contributed by atoms with Gasteiger partial charge in [-0.2, -0.15) is 16.0 Å². The molecule has 1 aromatic carbocycles. The smallest absolute Gasteiger partial charge is 0.152 e. The van der Waals surface area contributed by atoms with Crippen LogP contribution in [0.15, 0.2) is 62.1 Å². The highest BCUT2D eigenvalue weighted by Gasteiger charge is 2.25. The van der Waals surface area contributed by atoms with Gasteiger partial charge in [-0.05, 0) is 46.0 Å². The highest BCUT2D eigenvalue weighted by Crippen LogP contribution is 2.46. The van der Waals surface area contributed by atoms with Crippen molar-refractivity contribution in [3.8, 4) is 0 Å². The Morgan fingerprint density at radius 3 is 2.92 bits per heavy atom. The molecule has 0 aliphatic carbocycles. The van der Waals surface area contributed by atoms with Crippen LogP contribution in [-0.2, 0) is 0 Å².